The van der Waals surface area contributed by atoms with Crippen molar-refractivity contribution in [3.8, 4) is 0 Å². The summed E-state index contributed by atoms with van der Waals surface area (Å²) in [6.07, 6.45) is 3.95. The van der Waals surface area contributed by atoms with Crippen LogP contribution in [0.25, 0.3) is 6.08 Å². The number of ketones is 1. The monoisotopic (exact) mass is 364 g/mol. The second-order valence-electron chi connectivity index (χ2n) is 6.19. The SMILES string of the molecule is Cc1ccc(C(=O)/C=C/c2c(C)nn([C@H]3CCS(=O)(=O)C3)c2C)s1. The number of carbonyl (C=O) groups excluding carboxylic acids is 1. The molecule has 1 fully saturated rings. The average molecular weight is 364 g/mol. The molecule has 1 saturated heterocycles. The number of hydrogen-bond acceptors (Lipinski definition) is 5. The summed E-state index contributed by atoms with van der Waals surface area (Å²) < 4.78 is 25.2. The number of aryl methyl sites for hydroxylation is 2. The topological polar surface area (TPSA) is 69.0 Å². The molecule has 1 atom stereocenters. The van der Waals surface area contributed by atoms with Crippen molar-refractivity contribution in [2.24, 2.45) is 0 Å². The number of carbonyl (C=O) groups is 1. The minimum atomic E-state index is -2.95. The maximum absolute atomic E-state index is 12.2. The molecule has 0 unspecified atom stereocenters. The summed E-state index contributed by atoms with van der Waals surface area (Å²) >= 11 is 1.48. The molecule has 0 spiro atoms. The van der Waals surface area contributed by atoms with E-state index in [0.29, 0.717) is 11.3 Å². The molecule has 1 aliphatic heterocycles. The van der Waals surface area contributed by atoms with Crippen LogP contribution >= 0.6 is 11.3 Å². The molecule has 0 radical (unpaired) electrons. The molecule has 0 aliphatic carbocycles. The summed E-state index contributed by atoms with van der Waals surface area (Å²) in [6.45, 7) is 5.77. The van der Waals surface area contributed by atoms with E-state index in [9.17, 15) is 13.2 Å². The van der Waals surface area contributed by atoms with Gasteiger partial charge in [0, 0.05) is 16.1 Å². The van der Waals surface area contributed by atoms with Crippen LogP contribution in [0.3, 0.4) is 0 Å². The van der Waals surface area contributed by atoms with Gasteiger partial charge in [0.1, 0.15) is 0 Å². The summed E-state index contributed by atoms with van der Waals surface area (Å²) in [5.41, 5.74) is 2.60. The highest BCUT2D eigenvalue weighted by atomic mass is 32.2. The van der Waals surface area contributed by atoms with Gasteiger partial charge < -0.3 is 0 Å². The second kappa shape index (κ2) is 6.29. The van der Waals surface area contributed by atoms with Crippen LogP contribution in [-0.4, -0.2) is 35.5 Å². The van der Waals surface area contributed by atoms with Crippen LogP contribution < -0.4 is 0 Å². The first kappa shape index (κ1) is 17.1. The predicted octanol–water partition coefficient (Wildman–Crippen LogP) is 3.13. The Bertz CT molecular complexity index is 920. The predicted molar refractivity (Wildman–Crippen MR) is 96.4 cm³/mol. The molecule has 3 heterocycles. The van der Waals surface area contributed by atoms with Gasteiger partial charge in [-0.3, -0.25) is 9.48 Å². The van der Waals surface area contributed by atoms with E-state index in [4.69, 9.17) is 0 Å². The zero-order valence-corrected chi connectivity index (χ0v) is 15.6. The minimum Gasteiger partial charge on any atom is -0.288 e. The van der Waals surface area contributed by atoms with Gasteiger partial charge >= 0.3 is 0 Å². The quantitative estimate of drug-likeness (QED) is 0.617. The first-order chi connectivity index (χ1) is 11.3. The van der Waals surface area contributed by atoms with Gasteiger partial charge in [0.2, 0.25) is 0 Å². The largest absolute Gasteiger partial charge is 0.288 e. The average Bonchev–Trinajstić information content (AvgIpc) is 3.16. The molecule has 0 bridgehead atoms. The highest BCUT2D eigenvalue weighted by Gasteiger charge is 2.31. The smallest absolute Gasteiger partial charge is 0.195 e. The molecule has 0 aromatic carbocycles. The lowest BCUT2D eigenvalue weighted by molar-refractivity contribution is 0.105. The number of hydrogen-bond donors (Lipinski definition) is 0. The molecule has 128 valence electrons. The summed E-state index contributed by atoms with van der Waals surface area (Å²) in [7, 11) is -2.95. The van der Waals surface area contributed by atoms with E-state index in [1.165, 1.54) is 11.3 Å². The first-order valence-corrected chi connectivity index (χ1v) is 10.5. The molecule has 3 rings (SSSR count). The van der Waals surface area contributed by atoms with Crippen molar-refractivity contribution in [3.05, 3.63) is 44.9 Å². The molecule has 1 aliphatic rings. The van der Waals surface area contributed by atoms with Gasteiger partial charge in [-0.15, -0.1) is 11.3 Å². The first-order valence-electron chi connectivity index (χ1n) is 7.82. The van der Waals surface area contributed by atoms with Crippen LogP contribution in [0.15, 0.2) is 18.2 Å². The fourth-order valence-electron chi connectivity index (χ4n) is 3.05. The third-order valence-corrected chi connectivity index (χ3v) is 7.09. The standard InChI is InChI=1S/C17H20N2O3S2/c1-11-4-7-17(23-11)16(20)6-5-15-12(2)18-19(13(15)3)14-8-9-24(21,22)10-14/h4-7,14H,8-10H2,1-3H3/b6-5+/t14-/m0/s1. The summed E-state index contributed by atoms with van der Waals surface area (Å²) in [6, 6.07) is 3.66. The van der Waals surface area contributed by atoms with Crippen LogP contribution in [0.1, 0.15) is 44.0 Å². The minimum absolute atomic E-state index is 0.0249. The van der Waals surface area contributed by atoms with Crippen molar-refractivity contribution in [1.82, 2.24) is 9.78 Å². The summed E-state index contributed by atoms with van der Waals surface area (Å²) in [5, 5.41) is 4.50. The normalized spacial score (nSPS) is 20.0. The molecule has 24 heavy (non-hydrogen) atoms. The van der Waals surface area contributed by atoms with Crippen molar-refractivity contribution in [3.63, 3.8) is 0 Å². The van der Waals surface area contributed by atoms with Gasteiger partial charge in [-0.2, -0.15) is 5.10 Å². The van der Waals surface area contributed by atoms with Crippen LogP contribution in [0.5, 0.6) is 0 Å². The zero-order chi connectivity index (χ0) is 17.5. The molecule has 2 aromatic heterocycles. The fourth-order valence-corrected chi connectivity index (χ4v) is 5.53. The van der Waals surface area contributed by atoms with Crippen LogP contribution in [-0.2, 0) is 9.84 Å². The van der Waals surface area contributed by atoms with Gasteiger partial charge in [0.25, 0.3) is 0 Å². The molecular weight excluding hydrogens is 344 g/mol. The van der Waals surface area contributed by atoms with Crippen LogP contribution in [0, 0.1) is 20.8 Å². The lowest BCUT2D eigenvalue weighted by Gasteiger charge is -2.10. The highest BCUT2D eigenvalue weighted by Crippen LogP contribution is 2.27. The third kappa shape index (κ3) is 3.37. The number of thiophene rings is 1. The Labute approximate surface area is 145 Å². The number of nitrogens with zero attached hydrogens (tertiary/aromatic N) is 2. The third-order valence-electron chi connectivity index (χ3n) is 4.32. The number of rotatable bonds is 4. The number of aromatic nitrogens is 2. The van der Waals surface area contributed by atoms with Crippen LogP contribution in [0.4, 0.5) is 0 Å². The number of sulfone groups is 1. The highest BCUT2D eigenvalue weighted by molar-refractivity contribution is 7.91. The van der Waals surface area contributed by atoms with Crippen molar-refractivity contribution in [2.45, 2.75) is 33.2 Å². The lowest BCUT2D eigenvalue weighted by Crippen LogP contribution is -2.13. The van der Waals surface area contributed by atoms with E-state index in [1.54, 1.807) is 16.8 Å². The fraction of sp³-hybridized carbons (Fsp3) is 0.412. The van der Waals surface area contributed by atoms with E-state index in [-0.39, 0.29) is 23.3 Å². The second-order valence-corrected chi connectivity index (χ2v) is 9.71. The Hall–Kier alpha value is -1.73. The van der Waals surface area contributed by atoms with Crippen molar-refractivity contribution < 1.29 is 13.2 Å². The van der Waals surface area contributed by atoms with E-state index in [1.807, 2.05) is 32.9 Å². The Morgan fingerprint density at radius 3 is 2.67 bits per heavy atom. The Balaban J connectivity index is 1.84. The van der Waals surface area contributed by atoms with E-state index in [0.717, 1.165) is 21.8 Å². The van der Waals surface area contributed by atoms with Crippen molar-refractivity contribution in [2.75, 3.05) is 11.5 Å². The molecule has 5 nitrogen and oxygen atoms in total. The van der Waals surface area contributed by atoms with Crippen molar-refractivity contribution in [1.29, 1.82) is 0 Å². The van der Waals surface area contributed by atoms with Gasteiger partial charge in [-0.05, 0) is 51.5 Å². The molecule has 0 saturated carbocycles. The van der Waals surface area contributed by atoms with E-state index >= 15 is 0 Å². The Morgan fingerprint density at radius 2 is 2.08 bits per heavy atom. The zero-order valence-electron chi connectivity index (χ0n) is 13.9. The summed E-state index contributed by atoms with van der Waals surface area (Å²) in [4.78, 5) is 14.0. The van der Waals surface area contributed by atoms with Gasteiger partial charge in [-0.25, -0.2) is 8.42 Å². The van der Waals surface area contributed by atoms with Gasteiger partial charge in [0.15, 0.2) is 15.6 Å². The molecule has 0 amide bonds. The number of allylic oxidation sites excluding steroid dienone is 1. The maximum Gasteiger partial charge on any atom is 0.195 e. The van der Waals surface area contributed by atoms with E-state index < -0.39 is 9.84 Å². The molecule has 2 aromatic rings. The van der Waals surface area contributed by atoms with Gasteiger partial charge in [0.05, 0.1) is 28.1 Å². The Morgan fingerprint density at radius 1 is 1.33 bits per heavy atom. The van der Waals surface area contributed by atoms with Gasteiger partial charge in [-0.1, -0.05) is 0 Å². The molecular formula is C17H20N2O3S2. The molecule has 7 heteroatoms. The molecule has 0 N–H and O–H groups in total. The van der Waals surface area contributed by atoms with E-state index in [2.05, 4.69) is 5.10 Å². The van der Waals surface area contributed by atoms with Crippen LogP contribution in [0.2, 0.25) is 0 Å². The maximum atomic E-state index is 12.2. The lowest BCUT2D eigenvalue weighted by atomic mass is 10.1. The summed E-state index contributed by atoms with van der Waals surface area (Å²) in [5.74, 6) is 0.339. The van der Waals surface area contributed by atoms with Crippen molar-refractivity contribution >= 4 is 33.0 Å². The Kier molecular flexibility index (Phi) is 4.48.